The molecule has 1 fully saturated rings. The van der Waals surface area contributed by atoms with Gasteiger partial charge in [-0.1, -0.05) is 13.8 Å². The Bertz CT molecular complexity index is 343. The maximum atomic E-state index is 11.9. The summed E-state index contributed by atoms with van der Waals surface area (Å²) in [5, 5.41) is 12.1. The Balaban J connectivity index is 2.33. The summed E-state index contributed by atoms with van der Waals surface area (Å²) in [5.74, 6) is 1.15. The number of carboxylic acid groups (broad SMARTS) is 1. The van der Waals surface area contributed by atoms with Crippen LogP contribution in [0.3, 0.4) is 0 Å². The van der Waals surface area contributed by atoms with Gasteiger partial charge >= 0.3 is 5.97 Å². The Morgan fingerprint density at radius 1 is 1.35 bits per heavy atom. The van der Waals surface area contributed by atoms with Crippen LogP contribution in [0.5, 0.6) is 0 Å². The van der Waals surface area contributed by atoms with Gasteiger partial charge in [0.15, 0.2) is 0 Å². The van der Waals surface area contributed by atoms with E-state index >= 15 is 0 Å². The molecule has 0 aromatic heterocycles. The van der Waals surface area contributed by atoms with Crippen LogP contribution in [0.15, 0.2) is 0 Å². The normalized spacial score (nSPS) is 19.6. The van der Waals surface area contributed by atoms with Crippen molar-refractivity contribution in [1.29, 1.82) is 0 Å². The van der Waals surface area contributed by atoms with Crippen LogP contribution >= 0.6 is 11.8 Å². The number of hydrogen-bond donors (Lipinski definition) is 2. The van der Waals surface area contributed by atoms with Gasteiger partial charge in [-0.05, 0) is 12.8 Å². The van der Waals surface area contributed by atoms with Gasteiger partial charge in [-0.3, -0.25) is 14.5 Å². The first-order chi connectivity index (χ1) is 9.36. The van der Waals surface area contributed by atoms with Crippen molar-refractivity contribution >= 4 is 23.6 Å². The Hall–Kier alpha value is -0.750. The number of hydrogen-bond acceptors (Lipinski definition) is 4. The fourth-order valence-electron chi connectivity index (χ4n) is 2.10. The molecule has 2 N–H and O–H groups in total. The molecule has 0 aromatic carbocycles. The first kappa shape index (κ1) is 17.3. The largest absolute Gasteiger partial charge is 0.481 e. The first-order valence-corrected chi connectivity index (χ1v) is 8.32. The molecule has 1 amide bonds. The molecule has 116 valence electrons. The maximum absolute atomic E-state index is 11.9. The standard InChI is InChI=1S/C14H26N2O3S/c1-11(2)14(3,13(18)19)10-12(17)15-4-5-16-6-8-20-9-7-16/h11H,4-10H2,1-3H3,(H,15,17)(H,18,19). The summed E-state index contributed by atoms with van der Waals surface area (Å²) < 4.78 is 0. The van der Waals surface area contributed by atoms with Crippen LogP contribution in [0.2, 0.25) is 0 Å². The van der Waals surface area contributed by atoms with Gasteiger partial charge < -0.3 is 10.4 Å². The third-order valence-electron chi connectivity index (χ3n) is 4.14. The highest BCUT2D eigenvalue weighted by molar-refractivity contribution is 7.99. The van der Waals surface area contributed by atoms with Crippen LogP contribution < -0.4 is 5.32 Å². The monoisotopic (exact) mass is 302 g/mol. The van der Waals surface area contributed by atoms with E-state index in [9.17, 15) is 14.7 Å². The van der Waals surface area contributed by atoms with Gasteiger partial charge in [0.1, 0.15) is 0 Å². The maximum Gasteiger partial charge on any atom is 0.310 e. The molecule has 5 nitrogen and oxygen atoms in total. The second kappa shape index (κ2) is 7.88. The summed E-state index contributed by atoms with van der Waals surface area (Å²) in [6.45, 7) is 8.90. The third-order valence-corrected chi connectivity index (χ3v) is 5.09. The lowest BCUT2D eigenvalue weighted by Gasteiger charge is -2.29. The van der Waals surface area contributed by atoms with Crippen LogP contribution in [-0.4, -0.2) is 59.6 Å². The average Bonchev–Trinajstić information content (AvgIpc) is 2.39. The molecule has 1 heterocycles. The van der Waals surface area contributed by atoms with Crippen LogP contribution in [0.25, 0.3) is 0 Å². The second-order valence-corrected chi connectivity index (χ2v) is 7.08. The molecule has 1 saturated heterocycles. The lowest BCUT2D eigenvalue weighted by Crippen LogP contribution is -2.42. The van der Waals surface area contributed by atoms with Crippen molar-refractivity contribution in [1.82, 2.24) is 10.2 Å². The van der Waals surface area contributed by atoms with Crippen molar-refractivity contribution in [2.45, 2.75) is 27.2 Å². The van der Waals surface area contributed by atoms with Gasteiger partial charge in [-0.15, -0.1) is 0 Å². The zero-order valence-corrected chi connectivity index (χ0v) is 13.5. The molecular weight excluding hydrogens is 276 g/mol. The fourth-order valence-corrected chi connectivity index (χ4v) is 3.08. The van der Waals surface area contributed by atoms with Crippen LogP contribution in [-0.2, 0) is 9.59 Å². The molecule has 0 radical (unpaired) electrons. The molecule has 20 heavy (non-hydrogen) atoms. The minimum atomic E-state index is -0.994. The highest BCUT2D eigenvalue weighted by Gasteiger charge is 2.38. The summed E-state index contributed by atoms with van der Waals surface area (Å²) in [5.41, 5.74) is -0.994. The molecule has 6 heteroatoms. The van der Waals surface area contributed by atoms with E-state index in [2.05, 4.69) is 10.2 Å². The molecule has 0 saturated carbocycles. The van der Waals surface area contributed by atoms with Gasteiger partial charge in [-0.25, -0.2) is 0 Å². The molecule has 0 spiro atoms. The molecule has 0 aliphatic carbocycles. The summed E-state index contributed by atoms with van der Waals surface area (Å²) in [7, 11) is 0. The minimum Gasteiger partial charge on any atom is -0.481 e. The number of carbonyl (C=O) groups is 2. The molecule has 1 aliphatic heterocycles. The van der Waals surface area contributed by atoms with Gasteiger partial charge in [0.2, 0.25) is 5.91 Å². The predicted octanol–water partition coefficient (Wildman–Crippen LogP) is 1.29. The summed E-state index contributed by atoms with van der Waals surface area (Å²) in [6, 6.07) is 0. The summed E-state index contributed by atoms with van der Waals surface area (Å²) in [6.07, 6.45) is 0.0376. The molecular formula is C14H26N2O3S. The van der Waals surface area contributed by atoms with Crippen molar-refractivity contribution in [2.24, 2.45) is 11.3 Å². The molecule has 1 atom stereocenters. The zero-order chi connectivity index (χ0) is 15.2. The van der Waals surface area contributed by atoms with E-state index in [1.165, 1.54) is 0 Å². The van der Waals surface area contributed by atoms with Gasteiger partial charge in [0.05, 0.1) is 5.41 Å². The number of amides is 1. The van der Waals surface area contributed by atoms with Crippen LogP contribution in [0.1, 0.15) is 27.2 Å². The van der Waals surface area contributed by atoms with Gasteiger partial charge in [0, 0.05) is 44.1 Å². The van der Waals surface area contributed by atoms with E-state index < -0.39 is 11.4 Å². The number of nitrogens with one attached hydrogen (secondary N) is 1. The van der Waals surface area contributed by atoms with Crippen LogP contribution in [0, 0.1) is 11.3 Å². The smallest absolute Gasteiger partial charge is 0.310 e. The summed E-state index contributed by atoms with van der Waals surface area (Å²) >= 11 is 1.96. The van der Waals surface area contributed by atoms with Crippen molar-refractivity contribution in [3.8, 4) is 0 Å². The lowest BCUT2D eigenvalue weighted by atomic mass is 9.76. The van der Waals surface area contributed by atoms with E-state index in [1.54, 1.807) is 6.92 Å². The topological polar surface area (TPSA) is 69.6 Å². The highest BCUT2D eigenvalue weighted by Crippen LogP contribution is 2.31. The number of nitrogens with zero attached hydrogens (tertiary/aromatic N) is 1. The van der Waals surface area contributed by atoms with E-state index in [0.717, 1.165) is 31.1 Å². The average molecular weight is 302 g/mol. The number of thioether (sulfide) groups is 1. The van der Waals surface area contributed by atoms with Crippen molar-refractivity contribution in [3.05, 3.63) is 0 Å². The van der Waals surface area contributed by atoms with Crippen molar-refractivity contribution in [3.63, 3.8) is 0 Å². The Morgan fingerprint density at radius 3 is 2.45 bits per heavy atom. The van der Waals surface area contributed by atoms with Crippen LogP contribution in [0.4, 0.5) is 0 Å². The van der Waals surface area contributed by atoms with Crippen molar-refractivity contribution < 1.29 is 14.7 Å². The minimum absolute atomic E-state index is 0.0376. The summed E-state index contributed by atoms with van der Waals surface area (Å²) in [4.78, 5) is 25.6. The number of rotatable bonds is 7. The van der Waals surface area contributed by atoms with Gasteiger partial charge in [0.25, 0.3) is 0 Å². The SMILES string of the molecule is CC(C)C(C)(CC(=O)NCCN1CCSCC1)C(=O)O. The number of aliphatic carboxylic acids is 1. The molecule has 1 unspecified atom stereocenters. The quantitative estimate of drug-likeness (QED) is 0.741. The highest BCUT2D eigenvalue weighted by atomic mass is 32.2. The predicted molar refractivity (Wildman–Crippen MR) is 82.0 cm³/mol. The lowest BCUT2D eigenvalue weighted by molar-refractivity contribution is -0.153. The van der Waals surface area contributed by atoms with Gasteiger partial charge in [-0.2, -0.15) is 11.8 Å². The number of carbonyl (C=O) groups excluding carboxylic acids is 1. The Labute approximate surface area is 125 Å². The molecule has 1 aliphatic rings. The van der Waals surface area contributed by atoms with E-state index in [4.69, 9.17) is 0 Å². The van der Waals surface area contributed by atoms with E-state index in [0.29, 0.717) is 6.54 Å². The van der Waals surface area contributed by atoms with E-state index in [1.807, 2.05) is 25.6 Å². The molecule has 0 bridgehead atoms. The number of carboxylic acids is 1. The molecule has 0 aromatic rings. The Morgan fingerprint density at radius 2 is 1.95 bits per heavy atom. The van der Waals surface area contributed by atoms with E-state index in [-0.39, 0.29) is 18.2 Å². The first-order valence-electron chi connectivity index (χ1n) is 7.16. The fraction of sp³-hybridized carbons (Fsp3) is 0.857. The third kappa shape index (κ3) is 4.98. The second-order valence-electron chi connectivity index (χ2n) is 5.86. The molecule has 1 rings (SSSR count). The van der Waals surface area contributed by atoms with Crippen molar-refractivity contribution in [2.75, 3.05) is 37.7 Å². The zero-order valence-electron chi connectivity index (χ0n) is 12.6. The Kier molecular flexibility index (Phi) is 6.82.